The maximum atomic E-state index is 12.9. The third-order valence-corrected chi connectivity index (χ3v) is 4.92. The van der Waals surface area contributed by atoms with Gasteiger partial charge in [0.1, 0.15) is 5.69 Å². The molecule has 4 heterocycles. The average molecular weight is 403 g/mol. The number of amides is 3. The second-order valence-electron chi connectivity index (χ2n) is 6.90. The summed E-state index contributed by atoms with van der Waals surface area (Å²) >= 11 is 0. The first-order chi connectivity index (χ1) is 13.9. The van der Waals surface area contributed by atoms with Gasteiger partial charge in [-0.2, -0.15) is 0 Å². The van der Waals surface area contributed by atoms with Crippen LogP contribution in [0.25, 0.3) is 0 Å². The normalized spacial score (nSPS) is 18.4. The Kier molecular flexibility index (Phi) is 4.95. The highest BCUT2D eigenvalue weighted by Gasteiger charge is 2.40. The van der Waals surface area contributed by atoms with Crippen LogP contribution in [0.15, 0.2) is 30.6 Å². The van der Waals surface area contributed by atoms with Gasteiger partial charge < -0.3 is 10.2 Å². The van der Waals surface area contributed by atoms with Crippen molar-refractivity contribution in [3.8, 4) is 0 Å². The zero-order valence-corrected chi connectivity index (χ0v) is 15.5. The van der Waals surface area contributed by atoms with Crippen molar-refractivity contribution in [2.24, 2.45) is 0 Å². The number of halogens is 2. The molecule has 2 aliphatic rings. The monoisotopic (exact) mass is 403 g/mol. The average Bonchev–Trinajstić information content (AvgIpc) is 3.12. The van der Waals surface area contributed by atoms with Crippen LogP contribution in [-0.4, -0.2) is 58.5 Å². The van der Waals surface area contributed by atoms with Crippen molar-refractivity contribution in [3.63, 3.8) is 0 Å². The number of anilines is 3. The third-order valence-electron chi connectivity index (χ3n) is 4.92. The fraction of sp³-hybridized carbons (Fsp3) is 0.389. The van der Waals surface area contributed by atoms with E-state index in [9.17, 15) is 18.4 Å². The summed E-state index contributed by atoms with van der Waals surface area (Å²) in [4.78, 5) is 41.2. The first-order valence-corrected chi connectivity index (χ1v) is 9.16. The number of rotatable bonds is 4. The fourth-order valence-corrected chi connectivity index (χ4v) is 3.46. The molecule has 0 saturated carbocycles. The molecule has 2 bridgehead atoms. The van der Waals surface area contributed by atoms with Crippen molar-refractivity contribution in [1.29, 1.82) is 0 Å². The standard InChI is InChI=1S/C18H19F2N7O2/c1-10(14(19)20)23-16(28)12-3-4-13-15(24-12)27(11-5-8-26(13)9-11)18(29)25-17-21-6-2-7-22-17/h2-4,6-7,10-11,14H,5,8-9H2,1H3,(H,23,28)(H,21,22,25,29)/t10-,11+/m1/s1. The van der Waals surface area contributed by atoms with Crippen LogP contribution in [0.3, 0.4) is 0 Å². The molecule has 2 N–H and O–H groups in total. The number of nitrogens with one attached hydrogen (secondary N) is 2. The van der Waals surface area contributed by atoms with Gasteiger partial charge in [-0.1, -0.05) is 0 Å². The van der Waals surface area contributed by atoms with E-state index < -0.39 is 24.4 Å². The number of pyridine rings is 1. The smallest absolute Gasteiger partial charge is 0.330 e. The van der Waals surface area contributed by atoms with Crippen LogP contribution in [0.1, 0.15) is 23.8 Å². The van der Waals surface area contributed by atoms with E-state index in [1.807, 2.05) is 0 Å². The predicted octanol–water partition coefficient (Wildman–Crippen LogP) is 1.89. The minimum atomic E-state index is -2.69. The molecule has 11 heteroatoms. The second-order valence-corrected chi connectivity index (χ2v) is 6.90. The Morgan fingerprint density at radius 3 is 2.72 bits per heavy atom. The number of hydrogen-bond acceptors (Lipinski definition) is 6. The second kappa shape index (κ2) is 7.57. The quantitative estimate of drug-likeness (QED) is 0.808. The highest BCUT2D eigenvalue weighted by molar-refractivity contribution is 6.04. The van der Waals surface area contributed by atoms with Gasteiger partial charge in [0.15, 0.2) is 5.82 Å². The molecule has 2 atom stereocenters. The molecule has 1 fully saturated rings. The Labute approximate surface area is 165 Å². The molecule has 0 spiro atoms. The molecule has 3 amide bonds. The summed E-state index contributed by atoms with van der Waals surface area (Å²) in [6.07, 6.45) is 1.07. The first-order valence-electron chi connectivity index (χ1n) is 9.16. The van der Waals surface area contributed by atoms with E-state index in [0.717, 1.165) is 13.0 Å². The molecule has 0 unspecified atom stereocenters. The van der Waals surface area contributed by atoms with E-state index in [1.54, 1.807) is 12.1 Å². The van der Waals surface area contributed by atoms with E-state index in [2.05, 4.69) is 30.5 Å². The molecular formula is C18H19F2N7O2. The van der Waals surface area contributed by atoms with Gasteiger partial charge in [0.05, 0.1) is 17.8 Å². The Morgan fingerprint density at radius 2 is 2.00 bits per heavy atom. The van der Waals surface area contributed by atoms with Crippen LogP contribution in [0, 0.1) is 0 Å². The number of fused-ring (bicyclic) bond motifs is 4. The summed E-state index contributed by atoms with van der Waals surface area (Å²) in [5, 5.41) is 4.86. The Hall–Kier alpha value is -3.37. The maximum absolute atomic E-state index is 12.9. The molecule has 0 radical (unpaired) electrons. The first kappa shape index (κ1) is 19.0. The van der Waals surface area contributed by atoms with Crippen molar-refractivity contribution in [3.05, 3.63) is 36.3 Å². The lowest BCUT2D eigenvalue weighted by atomic mass is 10.1. The van der Waals surface area contributed by atoms with Crippen molar-refractivity contribution in [1.82, 2.24) is 20.3 Å². The predicted molar refractivity (Wildman–Crippen MR) is 101 cm³/mol. The van der Waals surface area contributed by atoms with Crippen LogP contribution in [0.2, 0.25) is 0 Å². The minimum absolute atomic E-state index is 0.0347. The topological polar surface area (TPSA) is 103 Å². The van der Waals surface area contributed by atoms with Crippen molar-refractivity contribution < 1.29 is 18.4 Å². The van der Waals surface area contributed by atoms with Crippen LogP contribution in [0.5, 0.6) is 0 Å². The van der Waals surface area contributed by atoms with Crippen molar-refractivity contribution in [2.45, 2.75) is 31.9 Å². The number of aromatic nitrogens is 3. The largest absolute Gasteiger partial charge is 0.366 e. The molecule has 4 rings (SSSR count). The van der Waals surface area contributed by atoms with E-state index in [0.29, 0.717) is 18.1 Å². The van der Waals surface area contributed by atoms with Crippen molar-refractivity contribution >= 4 is 29.4 Å². The molecular weight excluding hydrogens is 384 g/mol. The molecule has 1 saturated heterocycles. The molecule has 152 valence electrons. The van der Waals surface area contributed by atoms with E-state index in [-0.39, 0.29) is 17.7 Å². The van der Waals surface area contributed by atoms with Gasteiger partial charge in [-0.15, -0.1) is 0 Å². The van der Waals surface area contributed by atoms with Gasteiger partial charge >= 0.3 is 6.03 Å². The van der Waals surface area contributed by atoms with E-state index >= 15 is 0 Å². The Bertz CT molecular complexity index is 928. The summed E-state index contributed by atoms with van der Waals surface area (Å²) in [5.74, 6) is -0.260. The lowest BCUT2D eigenvalue weighted by molar-refractivity contribution is 0.0776. The van der Waals surface area contributed by atoms with Crippen molar-refractivity contribution in [2.75, 3.05) is 28.2 Å². The van der Waals surface area contributed by atoms with Gasteiger partial charge in [0.2, 0.25) is 5.95 Å². The van der Waals surface area contributed by atoms with Crippen LogP contribution in [0.4, 0.5) is 31.0 Å². The number of hydrogen-bond donors (Lipinski definition) is 2. The van der Waals surface area contributed by atoms with Gasteiger partial charge in [0, 0.05) is 25.5 Å². The minimum Gasteiger partial charge on any atom is -0.366 e. The molecule has 29 heavy (non-hydrogen) atoms. The molecule has 9 nitrogen and oxygen atoms in total. The van der Waals surface area contributed by atoms with E-state index in [1.165, 1.54) is 30.3 Å². The van der Waals surface area contributed by atoms with Crippen LogP contribution in [-0.2, 0) is 0 Å². The SMILES string of the molecule is C[C@@H](NC(=O)c1ccc2c(n1)N(C(=O)Nc1ncccn1)[C@H]1CCN2C1)C(F)F. The summed E-state index contributed by atoms with van der Waals surface area (Å²) in [6.45, 7) is 2.61. The molecule has 2 aliphatic heterocycles. The molecule has 0 aromatic carbocycles. The summed E-state index contributed by atoms with van der Waals surface area (Å²) in [6, 6.07) is 2.89. The maximum Gasteiger partial charge on any atom is 0.330 e. The highest BCUT2D eigenvalue weighted by Crippen LogP contribution is 2.39. The lowest BCUT2D eigenvalue weighted by Gasteiger charge is -2.35. The number of alkyl halides is 2. The number of urea groups is 1. The summed E-state index contributed by atoms with van der Waals surface area (Å²) in [5.41, 5.74) is 0.675. The van der Waals surface area contributed by atoms with Gasteiger partial charge in [-0.3, -0.25) is 15.0 Å². The number of carbonyl (C=O) groups is 2. The molecule has 2 aromatic heterocycles. The highest BCUT2D eigenvalue weighted by atomic mass is 19.3. The molecule has 0 aliphatic carbocycles. The Morgan fingerprint density at radius 1 is 1.24 bits per heavy atom. The zero-order valence-electron chi connectivity index (χ0n) is 15.5. The van der Waals surface area contributed by atoms with Gasteiger partial charge in [0.25, 0.3) is 12.3 Å². The summed E-state index contributed by atoms with van der Waals surface area (Å²) in [7, 11) is 0. The number of carbonyl (C=O) groups excluding carboxylic acids is 2. The van der Waals surface area contributed by atoms with Crippen LogP contribution >= 0.6 is 0 Å². The van der Waals surface area contributed by atoms with Gasteiger partial charge in [-0.05, 0) is 31.5 Å². The summed E-state index contributed by atoms with van der Waals surface area (Å²) < 4.78 is 25.5. The fourth-order valence-electron chi connectivity index (χ4n) is 3.46. The molecule has 2 aromatic rings. The van der Waals surface area contributed by atoms with Crippen LogP contribution < -0.4 is 20.4 Å². The van der Waals surface area contributed by atoms with Gasteiger partial charge in [-0.25, -0.2) is 28.5 Å². The lowest BCUT2D eigenvalue weighted by Crippen LogP contribution is -2.48. The third kappa shape index (κ3) is 3.67. The Balaban J connectivity index is 1.63. The van der Waals surface area contributed by atoms with E-state index in [4.69, 9.17) is 0 Å². The number of nitrogens with zero attached hydrogens (tertiary/aromatic N) is 5. The zero-order chi connectivity index (χ0) is 20.5.